The van der Waals surface area contributed by atoms with Gasteiger partial charge in [-0.05, 0) is 20.3 Å². The second-order valence-corrected chi connectivity index (χ2v) is 3.38. The number of nitrogens with two attached hydrogens (primary N) is 1. The lowest BCUT2D eigenvalue weighted by atomic mass is 10.1. The first-order valence-corrected chi connectivity index (χ1v) is 5.72. The van der Waals surface area contributed by atoms with Crippen molar-refractivity contribution in [3.63, 3.8) is 0 Å². The molecule has 0 aromatic rings. The van der Waals surface area contributed by atoms with Crippen molar-refractivity contribution in [1.29, 1.82) is 0 Å². The average Bonchev–Trinajstić information content (AvgIpc) is 2.34. The number of ether oxygens (including phenoxy) is 2. The highest BCUT2D eigenvalue weighted by atomic mass is 16.5. The largest absolute Gasteiger partial charge is 0.466 e. The Bertz CT molecular complexity index is 346. The lowest BCUT2D eigenvalue weighted by molar-refractivity contribution is -0.149. The maximum absolute atomic E-state index is 11.6. The van der Waals surface area contributed by atoms with Crippen LogP contribution in [0.4, 0.5) is 4.79 Å². The highest BCUT2D eigenvalue weighted by Gasteiger charge is 2.31. The standard InChI is InChI=1S/C10H17N3O6/c1-3-18-8(14)6-5-7(9(15)19-4-2)13(12-17)10(11)16/h7H,3-6H2,1-2H3,(H2,11,16)/t7-/m0/s1. The summed E-state index contributed by atoms with van der Waals surface area (Å²) in [5.74, 6) is -1.42. The summed E-state index contributed by atoms with van der Waals surface area (Å²) in [5.41, 5.74) is 4.92. The fourth-order valence-electron chi connectivity index (χ4n) is 1.32. The molecule has 0 spiro atoms. The number of rotatable bonds is 8. The number of urea groups is 1. The van der Waals surface area contributed by atoms with E-state index < -0.39 is 24.0 Å². The van der Waals surface area contributed by atoms with Crippen molar-refractivity contribution >= 4 is 18.0 Å². The summed E-state index contributed by atoms with van der Waals surface area (Å²) < 4.78 is 9.36. The van der Waals surface area contributed by atoms with Crippen molar-refractivity contribution in [3.05, 3.63) is 4.91 Å². The van der Waals surface area contributed by atoms with Crippen molar-refractivity contribution < 1.29 is 23.9 Å². The molecule has 0 aromatic carbocycles. The minimum Gasteiger partial charge on any atom is -0.466 e. The SMILES string of the molecule is CCOC(=O)CC[C@@H](C(=O)OCC)N(N=O)C(N)=O. The van der Waals surface area contributed by atoms with Crippen LogP contribution in [0.2, 0.25) is 0 Å². The molecular formula is C10H17N3O6. The van der Waals surface area contributed by atoms with Gasteiger partial charge in [0.25, 0.3) is 0 Å². The van der Waals surface area contributed by atoms with E-state index in [1.807, 2.05) is 0 Å². The number of hydrogen-bond donors (Lipinski definition) is 1. The second-order valence-electron chi connectivity index (χ2n) is 3.38. The molecule has 0 radical (unpaired) electrons. The first kappa shape index (κ1) is 16.8. The zero-order valence-corrected chi connectivity index (χ0v) is 10.8. The number of primary amides is 1. The molecular weight excluding hydrogens is 258 g/mol. The molecule has 0 rings (SSSR count). The van der Waals surface area contributed by atoms with Gasteiger partial charge < -0.3 is 15.2 Å². The molecule has 0 saturated carbocycles. The third-order valence-corrected chi connectivity index (χ3v) is 2.09. The van der Waals surface area contributed by atoms with Crippen LogP contribution < -0.4 is 5.73 Å². The van der Waals surface area contributed by atoms with Gasteiger partial charge in [0.2, 0.25) is 0 Å². The summed E-state index contributed by atoms with van der Waals surface area (Å²) in [6.07, 6.45) is -0.330. The van der Waals surface area contributed by atoms with Gasteiger partial charge in [-0.2, -0.15) is 5.01 Å². The summed E-state index contributed by atoms with van der Waals surface area (Å²) in [5, 5.41) is 2.62. The van der Waals surface area contributed by atoms with Gasteiger partial charge in [-0.3, -0.25) is 4.79 Å². The van der Waals surface area contributed by atoms with E-state index in [1.165, 1.54) is 0 Å². The van der Waals surface area contributed by atoms with Crippen LogP contribution in [0, 0.1) is 4.91 Å². The first-order valence-electron chi connectivity index (χ1n) is 5.72. The maximum atomic E-state index is 11.6. The van der Waals surface area contributed by atoms with E-state index in [1.54, 1.807) is 13.8 Å². The molecule has 2 amide bonds. The number of esters is 2. The van der Waals surface area contributed by atoms with Crippen molar-refractivity contribution in [2.24, 2.45) is 11.0 Å². The summed E-state index contributed by atoms with van der Waals surface area (Å²) in [7, 11) is 0. The Labute approximate surface area is 109 Å². The quantitative estimate of drug-likeness (QED) is 0.386. The van der Waals surface area contributed by atoms with Crippen LogP contribution >= 0.6 is 0 Å². The maximum Gasteiger partial charge on any atom is 0.338 e. The number of nitroso groups, excluding NO2 is 1. The minimum absolute atomic E-state index is 0.0558. The molecule has 0 aliphatic rings. The van der Waals surface area contributed by atoms with Gasteiger partial charge in [-0.15, -0.1) is 4.91 Å². The van der Waals surface area contributed by atoms with E-state index in [4.69, 9.17) is 5.73 Å². The normalized spacial score (nSPS) is 11.3. The number of carbonyl (C=O) groups excluding carboxylic acids is 3. The number of amides is 2. The average molecular weight is 275 g/mol. The molecule has 0 heterocycles. The van der Waals surface area contributed by atoms with Crippen LogP contribution in [0.3, 0.4) is 0 Å². The van der Waals surface area contributed by atoms with E-state index >= 15 is 0 Å². The predicted molar refractivity (Wildman–Crippen MR) is 63.5 cm³/mol. The highest BCUT2D eigenvalue weighted by molar-refractivity contribution is 5.83. The Morgan fingerprint density at radius 2 is 1.79 bits per heavy atom. The van der Waals surface area contributed by atoms with E-state index in [0.29, 0.717) is 0 Å². The third kappa shape index (κ3) is 5.80. The number of hydrogen-bond acceptors (Lipinski definition) is 7. The van der Waals surface area contributed by atoms with Crippen molar-refractivity contribution in [2.45, 2.75) is 32.7 Å². The highest BCUT2D eigenvalue weighted by Crippen LogP contribution is 2.11. The summed E-state index contributed by atoms with van der Waals surface area (Å²) in [6, 6.07) is -2.53. The smallest absolute Gasteiger partial charge is 0.338 e. The topological polar surface area (TPSA) is 128 Å². The molecule has 1 atom stereocenters. The molecule has 0 aliphatic carbocycles. The van der Waals surface area contributed by atoms with Gasteiger partial charge in [0.1, 0.15) is 0 Å². The Morgan fingerprint density at radius 3 is 2.21 bits per heavy atom. The molecule has 108 valence electrons. The molecule has 2 N–H and O–H groups in total. The van der Waals surface area contributed by atoms with Crippen LogP contribution in [0.1, 0.15) is 26.7 Å². The first-order chi connectivity index (χ1) is 8.97. The van der Waals surface area contributed by atoms with Crippen molar-refractivity contribution in [3.8, 4) is 0 Å². The molecule has 0 fully saturated rings. The molecule has 19 heavy (non-hydrogen) atoms. The van der Waals surface area contributed by atoms with Gasteiger partial charge >= 0.3 is 18.0 Å². The molecule has 0 unspecified atom stereocenters. The van der Waals surface area contributed by atoms with E-state index in [2.05, 4.69) is 14.8 Å². The number of nitrogens with zero attached hydrogens (tertiary/aromatic N) is 2. The van der Waals surface area contributed by atoms with Crippen LogP contribution in [0.5, 0.6) is 0 Å². The van der Waals surface area contributed by atoms with Crippen LogP contribution in [-0.4, -0.2) is 42.2 Å². The fourth-order valence-corrected chi connectivity index (χ4v) is 1.32. The van der Waals surface area contributed by atoms with Gasteiger partial charge in [-0.1, -0.05) is 0 Å². The van der Waals surface area contributed by atoms with Crippen molar-refractivity contribution in [2.75, 3.05) is 13.2 Å². The Balaban J connectivity index is 4.75. The predicted octanol–water partition coefficient (Wildman–Crippen LogP) is 0.324. The molecule has 0 bridgehead atoms. The Morgan fingerprint density at radius 1 is 1.21 bits per heavy atom. The van der Waals surface area contributed by atoms with Gasteiger partial charge in [0, 0.05) is 6.42 Å². The monoisotopic (exact) mass is 275 g/mol. The van der Waals surface area contributed by atoms with Gasteiger partial charge in [0.15, 0.2) is 6.04 Å². The van der Waals surface area contributed by atoms with Gasteiger partial charge in [0.05, 0.1) is 18.5 Å². The number of carbonyl (C=O) groups is 3. The van der Waals surface area contributed by atoms with Crippen LogP contribution in [0.25, 0.3) is 0 Å². The Hall–Kier alpha value is -2.19. The van der Waals surface area contributed by atoms with Gasteiger partial charge in [-0.25, -0.2) is 9.59 Å². The molecule has 9 nitrogen and oxygen atoms in total. The van der Waals surface area contributed by atoms with Crippen LogP contribution in [0.15, 0.2) is 5.29 Å². The zero-order valence-electron chi connectivity index (χ0n) is 10.8. The summed E-state index contributed by atoms with van der Waals surface area (Å²) in [4.78, 5) is 44.3. The second kappa shape index (κ2) is 8.84. The van der Waals surface area contributed by atoms with E-state index in [0.717, 1.165) is 0 Å². The van der Waals surface area contributed by atoms with E-state index in [-0.39, 0.29) is 31.1 Å². The third-order valence-electron chi connectivity index (χ3n) is 2.09. The molecule has 0 aliphatic heterocycles. The minimum atomic E-state index is -1.33. The van der Waals surface area contributed by atoms with Crippen molar-refractivity contribution in [1.82, 2.24) is 5.01 Å². The van der Waals surface area contributed by atoms with E-state index in [9.17, 15) is 19.3 Å². The molecule has 0 saturated heterocycles. The lowest BCUT2D eigenvalue weighted by Crippen LogP contribution is -2.45. The summed E-state index contributed by atoms with van der Waals surface area (Å²) in [6.45, 7) is 3.43. The lowest BCUT2D eigenvalue weighted by Gasteiger charge is -2.20. The molecule has 0 aromatic heterocycles. The zero-order chi connectivity index (χ0) is 14.8. The Kier molecular flexibility index (Phi) is 7.82. The summed E-state index contributed by atoms with van der Waals surface area (Å²) >= 11 is 0. The molecule has 9 heteroatoms. The van der Waals surface area contributed by atoms with Crippen LogP contribution in [-0.2, 0) is 19.1 Å². The fraction of sp³-hybridized carbons (Fsp3) is 0.700.